The fraction of sp³-hybridized carbons (Fsp3) is 0.750. The van der Waals surface area contributed by atoms with Crippen molar-refractivity contribution >= 4 is 6.29 Å². The van der Waals surface area contributed by atoms with Crippen LogP contribution in [0.5, 0.6) is 0 Å². The zero-order chi connectivity index (χ0) is 9.84. The van der Waals surface area contributed by atoms with Crippen molar-refractivity contribution in [2.45, 2.75) is 40.0 Å². The van der Waals surface area contributed by atoms with Crippen LogP contribution < -0.4 is 0 Å². The number of carbonyl (C=O) groups is 1. The summed E-state index contributed by atoms with van der Waals surface area (Å²) in [6.45, 7) is 6.70. The standard InChI is InChI=1S/C12H20O/c1-9(2)12-5-4-10(3)8-11(12)6-7-13/h7-9,11-12H,4-6H2,1-3H3/t11-,12-/m1/s1. The van der Waals surface area contributed by atoms with Crippen LogP contribution in [0.15, 0.2) is 11.6 Å². The molecule has 0 fully saturated rings. The van der Waals surface area contributed by atoms with E-state index in [2.05, 4.69) is 26.8 Å². The summed E-state index contributed by atoms with van der Waals surface area (Å²) >= 11 is 0. The predicted octanol–water partition coefficient (Wildman–Crippen LogP) is 3.20. The normalized spacial score (nSPS) is 28.8. The van der Waals surface area contributed by atoms with E-state index >= 15 is 0 Å². The molecule has 0 heterocycles. The molecule has 0 amide bonds. The van der Waals surface area contributed by atoms with Crippen molar-refractivity contribution in [2.75, 3.05) is 0 Å². The lowest BCUT2D eigenvalue weighted by molar-refractivity contribution is -0.108. The van der Waals surface area contributed by atoms with E-state index in [4.69, 9.17) is 0 Å². The number of rotatable bonds is 3. The zero-order valence-corrected chi connectivity index (χ0v) is 8.92. The van der Waals surface area contributed by atoms with Gasteiger partial charge in [0.2, 0.25) is 0 Å². The van der Waals surface area contributed by atoms with Crippen molar-refractivity contribution in [3.8, 4) is 0 Å². The number of hydrogen-bond donors (Lipinski definition) is 0. The second kappa shape index (κ2) is 4.59. The molecule has 0 N–H and O–H groups in total. The van der Waals surface area contributed by atoms with Gasteiger partial charge in [-0.1, -0.05) is 25.5 Å². The van der Waals surface area contributed by atoms with Gasteiger partial charge in [-0.3, -0.25) is 0 Å². The van der Waals surface area contributed by atoms with Crippen LogP contribution in [0.1, 0.15) is 40.0 Å². The molecule has 1 rings (SSSR count). The second-order valence-corrected chi connectivity index (χ2v) is 4.53. The van der Waals surface area contributed by atoms with Crippen molar-refractivity contribution in [3.05, 3.63) is 11.6 Å². The Kier molecular flexibility index (Phi) is 3.71. The van der Waals surface area contributed by atoms with E-state index < -0.39 is 0 Å². The first-order valence-electron chi connectivity index (χ1n) is 5.26. The highest BCUT2D eigenvalue weighted by Gasteiger charge is 2.25. The van der Waals surface area contributed by atoms with E-state index in [9.17, 15) is 4.79 Å². The smallest absolute Gasteiger partial charge is 0.120 e. The fourth-order valence-electron chi connectivity index (χ4n) is 2.36. The summed E-state index contributed by atoms with van der Waals surface area (Å²) in [5.74, 6) is 1.93. The minimum absolute atomic E-state index is 0.506. The Labute approximate surface area is 81.2 Å². The van der Waals surface area contributed by atoms with Gasteiger partial charge in [-0.05, 0) is 37.5 Å². The molecule has 1 aliphatic rings. The maximum atomic E-state index is 10.5. The molecular formula is C12H20O. The lowest BCUT2D eigenvalue weighted by atomic mass is 9.74. The Balaban J connectivity index is 2.69. The van der Waals surface area contributed by atoms with Gasteiger partial charge in [0.15, 0.2) is 0 Å². The second-order valence-electron chi connectivity index (χ2n) is 4.53. The highest BCUT2D eigenvalue weighted by atomic mass is 16.1. The van der Waals surface area contributed by atoms with E-state index in [1.807, 2.05) is 0 Å². The highest BCUT2D eigenvalue weighted by molar-refractivity contribution is 5.50. The first-order valence-corrected chi connectivity index (χ1v) is 5.26. The van der Waals surface area contributed by atoms with E-state index in [1.54, 1.807) is 0 Å². The van der Waals surface area contributed by atoms with Crippen LogP contribution in [0.2, 0.25) is 0 Å². The molecular weight excluding hydrogens is 160 g/mol. The Hall–Kier alpha value is -0.590. The largest absolute Gasteiger partial charge is 0.303 e. The van der Waals surface area contributed by atoms with Crippen molar-refractivity contribution in [1.82, 2.24) is 0 Å². The number of carbonyl (C=O) groups excluding carboxylic acids is 1. The van der Waals surface area contributed by atoms with Crippen LogP contribution in [-0.2, 0) is 4.79 Å². The van der Waals surface area contributed by atoms with Gasteiger partial charge in [0.25, 0.3) is 0 Å². The Morgan fingerprint density at radius 2 is 2.31 bits per heavy atom. The third-order valence-corrected chi connectivity index (χ3v) is 3.15. The van der Waals surface area contributed by atoms with Crippen LogP contribution in [0, 0.1) is 17.8 Å². The molecule has 0 spiro atoms. The average Bonchev–Trinajstić information content (AvgIpc) is 2.04. The zero-order valence-electron chi connectivity index (χ0n) is 8.92. The minimum atomic E-state index is 0.506. The van der Waals surface area contributed by atoms with Gasteiger partial charge in [-0.15, -0.1) is 0 Å². The van der Waals surface area contributed by atoms with Crippen LogP contribution in [0.25, 0.3) is 0 Å². The van der Waals surface area contributed by atoms with E-state index in [-0.39, 0.29) is 0 Å². The summed E-state index contributed by atoms with van der Waals surface area (Å²) in [7, 11) is 0. The van der Waals surface area contributed by atoms with Gasteiger partial charge in [0.1, 0.15) is 6.29 Å². The van der Waals surface area contributed by atoms with Gasteiger partial charge in [-0.25, -0.2) is 0 Å². The molecule has 2 atom stereocenters. The molecule has 74 valence electrons. The van der Waals surface area contributed by atoms with Crippen LogP contribution in [0.4, 0.5) is 0 Å². The van der Waals surface area contributed by atoms with Gasteiger partial charge in [-0.2, -0.15) is 0 Å². The molecule has 0 saturated carbocycles. The van der Waals surface area contributed by atoms with E-state index in [0.717, 1.165) is 6.29 Å². The molecule has 0 unspecified atom stereocenters. The summed E-state index contributed by atoms with van der Waals surface area (Å²) in [5.41, 5.74) is 1.46. The summed E-state index contributed by atoms with van der Waals surface area (Å²) in [5, 5.41) is 0. The predicted molar refractivity (Wildman–Crippen MR) is 55.5 cm³/mol. The highest BCUT2D eigenvalue weighted by Crippen LogP contribution is 2.35. The number of hydrogen-bond acceptors (Lipinski definition) is 1. The summed E-state index contributed by atoms with van der Waals surface area (Å²) in [6, 6.07) is 0. The molecule has 0 aromatic rings. The molecule has 0 radical (unpaired) electrons. The molecule has 0 aromatic heterocycles. The molecule has 1 nitrogen and oxygen atoms in total. The average molecular weight is 180 g/mol. The maximum absolute atomic E-state index is 10.5. The SMILES string of the molecule is CC1=C[C@@H](CC=O)[C@@H](C(C)C)CC1. The Morgan fingerprint density at radius 3 is 2.85 bits per heavy atom. The fourth-order valence-corrected chi connectivity index (χ4v) is 2.36. The van der Waals surface area contributed by atoms with Crippen molar-refractivity contribution in [2.24, 2.45) is 17.8 Å². The molecule has 1 heteroatoms. The summed E-state index contributed by atoms with van der Waals surface area (Å²) < 4.78 is 0. The first-order chi connectivity index (χ1) is 6.15. The molecule has 0 aromatic carbocycles. The quantitative estimate of drug-likeness (QED) is 0.481. The first kappa shape index (κ1) is 10.5. The van der Waals surface area contributed by atoms with Crippen LogP contribution in [-0.4, -0.2) is 6.29 Å². The van der Waals surface area contributed by atoms with Gasteiger partial charge in [0, 0.05) is 6.42 Å². The lowest BCUT2D eigenvalue weighted by Gasteiger charge is -2.31. The molecule has 0 saturated heterocycles. The minimum Gasteiger partial charge on any atom is -0.303 e. The molecule has 0 aliphatic heterocycles. The summed E-state index contributed by atoms with van der Waals surface area (Å²) in [6.07, 6.45) is 6.56. The van der Waals surface area contributed by atoms with Gasteiger partial charge in [0.05, 0.1) is 0 Å². The van der Waals surface area contributed by atoms with Crippen LogP contribution >= 0.6 is 0 Å². The van der Waals surface area contributed by atoms with Crippen LogP contribution in [0.3, 0.4) is 0 Å². The van der Waals surface area contributed by atoms with Crippen molar-refractivity contribution in [1.29, 1.82) is 0 Å². The van der Waals surface area contributed by atoms with E-state index in [1.165, 1.54) is 18.4 Å². The van der Waals surface area contributed by atoms with Crippen molar-refractivity contribution < 1.29 is 4.79 Å². The number of aldehydes is 1. The third kappa shape index (κ3) is 2.68. The molecule has 0 bridgehead atoms. The Morgan fingerprint density at radius 1 is 1.62 bits per heavy atom. The van der Waals surface area contributed by atoms with E-state index in [0.29, 0.717) is 24.2 Å². The Bertz CT molecular complexity index is 203. The topological polar surface area (TPSA) is 17.1 Å². The maximum Gasteiger partial charge on any atom is 0.120 e. The molecule has 13 heavy (non-hydrogen) atoms. The third-order valence-electron chi connectivity index (χ3n) is 3.15. The lowest BCUT2D eigenvalue weighted by Crippen LogP contribution is -2.22. The number of allylic oxidation sites excluding steroid dienone is 2. The van der Waals surface area contributed by atoms with Gasteiger partial charge < -0.3 is 4.79 Å². The monoisotopic (exact) mass is 180 g/mol. The van der Waals surface area contributed by atoms with Crippen molar-refractivity contribution in [3.63, 3.8) is 0 Å². The van der Waals surface area contributed by atoms with Gasteiger partial charge >= 0.3 is 0 Å². The molecule has 1 aliphatic carbocycles. The summed E-state index contributed by atoms with van der Waals surface area (Å²) in [4.78, 5) is 10.5.